The summed E-state index contributed by atoms with van der Waals surface area (Å²) in [7, 11) is 0. The van der Waals surface area contributed by atoms with Crippen molar-refractivity contribution in [3.05, 3.63) is 29.3 Å². The number of thioether (sulfide) groups is 1. The number of benzene rings is 1. The van der Waals surface area contributed by atoms with Crippen molar-refractivity contribution in [2.24, 2.45) is 0 Å². The van der Waals surface area contributed by atoms with Crippen LogP contribution in [-0.4, -0.2) is 37.4 Å². The molecule has 1 saturated carbocycles. The highest BCUT2D eigenvalue weighted by molar-refractivity contribution is 8.00. The average molecular weight is 345 g/mol. The van der Waals surface area contributed by atoms with Gasteiger partial charge >= 0.3 is 0 Å². The molecule has 0 bridgehead atoms. The van der Waals surface area contributed by atoms with Crippen LogP contribution in [0.2, 0.25) is 0 Å². The second-order valence-corrected chi connectivity index (χ2v) is 7.70. The van der Waals surface area contributed by atoms with Gasteiger partial charge in [0.2, 0.25) is 11.1 Å². The van der Waals surface area contributed by atoms with E-state index < -0.39 is 0 Å². The first-order chi connectivity index (χ1) is 11.5. The molecule has 1 heterocycles. The largest absolute Gasteiger partial charge is 0.352 e. The normalized spacial score (nSPS) is 16.3. The van der Waals surface area contributed by atoms with Crippen molar-refractivity contribution in [1.82, 2.24) is 25.5 Å². The molecule has 0 radical (unpaired) electrons. The molecule has 7 heteroatoms. The number of carbonyl (C=O) groups excluding carboxylic acids is 1. The van der Waals surface area contributed by atoms with Gasteiger partial charge in [-0.25, -0.2) is 0 Å². The summed E-state index contributed by atoms with van der Waals surface area (Å²) in [5, 5.41) is 15.5. The van der Waals surface area contributed by atoms with Crippen molar-refractivity contribution >= 4 is 17.7 Å². The summed E-state index contributed by atoms with van der Waals surface area (Å²) in [6, 6.07) is 6.43. The third kappa shape index (κ3) is 3.77. The van der Waals surface area contributed by atoms with Gasteiger partial charge in [-0.15, -0.1) is 5.10 Å². The minimum atomic E-state index is -0.234. The quantitative estimate of drug-likeness (QED) is 0.844. The molecule has 24 heavy (non-hydrogen) atoms. The first-order valence-electron chi connectivity index (χ1n) is 8.37. The molecule has 1 aromatic carbocycles. The van der Waals surface area contributed by atoms with Crippen LogP contribution in [0.3, 0.4) is 0 Å². The van der Waals surface area contributed by atoms with E-state index in [1.165, 1.54) is 35.7 Å². The summed E-state index contributed by atoms with van der Waals surface area (Å²) in [6.07, 6.45) is 4.59. The summed E-state index contributed by atoms with van der Waals surface area (Å²) in [6.45, 7) is 6.03. The van der Waals surface area contributed by atoms with Gasteiger partial charge in [0.1, 0.15) is 0 Å². The van der Waals surface area contributed by atoms with E-state index in [-0.39, 0.29) is 11.2 Å². The molecular formula is C17H23N5OS. The van der Waals surface area contributed by atoms with E-state index in [2.05, 4.69) is 46.8 Å². The maximum atomic E-state index is 12.4. The van der Waals surface area contributed by atoms with Crippen molar-refractivity contribution in [2.75, 3.05) is 0 Å². The number of nitrogens with zero attached hydrogens (tertiary/aromatic N) is 4. The number of rotatable bonds is 5. The first kappa shape index (κ1) is 17.0. The molecule has 128 valence electrons. The summed E-state index contributed by atoms with van der Waals surface area (Å²) in [5.41, 5.74) is 3.32. The summed E-state index contributed by atoms with van der Waals surface area (Å²) in [4.78, 5) is 12.4. The Morgan fingerprint density at radius 2 is 2.04 bits per heavy atom. The number of tetrazole rings is 1. The zero-order chi connectivity index (χ0) is 17.1. The van der Waals surface area contributed by atoms with E-state index in [1.54, 1.807) is 4.68 Å². The highest BCUT2D eigenvalue weighted by atomic mass is 32.2. The molecule has 1 N–H and O–H groups in total. The van der Waals surface area contributed by atoms with Crippen molar-refractivity contribution in [2.45, 2.75) is 62.9 Å². The van der Waals surface area contributed by atoms with E-state index in [0.29, 0.717) is 11.2 Å². The van der Waals surface area contributed by atoms with Crippen LogP contribution < -0.4 is 5.32 Å². The Labute approximate surface area is 146 Å². The number of hydrogen-bond donors (Lipinski definition) is 1. The van der Waals surface area contributed by atoms with Gasteiger partial charge in [-0.1, -0.05) is 30.7 Å². The second kappa shape index (κ2) is 7.34. The summed E-state index contributed by atoms with van der Waals surface area (Å²) >= 11 is 1.39. The molecule has 1 aromatic heterocycles. The van der Waals surface area contributed by atoms with Crippen molar-refractivity contribution in [1.29, 1.82) is 0 Å². The Bertz CT molecular complexity index is 724. The molecule has 1 atom stereocenters. The van der Waals surface area contributed by atoms with Crippen molar-refractivity contribution in [3.8, 4) is 5.69 Å². The smallest absolute Gasteiger partial charge is 0.233 e. The van der Waals surface area contributed by atoms with E-state index in [0.717, 1.165) is 18.5 Å². The minimum Gasteiger partial charge on any atom is -0.352 e. The fourth-order valence-electron chi connectivity index (χ4n) is 2.87. The summed E-state index contributed by atoms with van der Waals surface area (Å²) < 4.78 is 1.69. The number of aryl methyl sites for hydroxylation is 2. The van der Waals surface area contributed by atoms with Crippen LogP contribution in [0, 0.1) is 13.8 Å². The SMILES string of the molecule is Cc1ccc(-n2nnnc2SC(C)C(=O)NC2CCCC2)cc1C. The third-order valence-corrected chi connectivity index (χ3v) is 5.56. The lowest BCUT2D eigenvalue weighted by Gasteiger charge is -2.16. The number of hydrogen-bond acceptors (Lipinski definition) is 5. The maximum absolute atomic E-state index is 12.4. The second-order valence-electron chi connectivity index (χ2n) is 6.39. The molecule has 1 aliphatic carbocycles. The molecule has 1 fully saturated rings. The molecular weight excluding hydrogens is 322 g/mol. The molecule has 1 unspecified atom stereocenters. The van der Waals surface area contributed by atoms with Gasteiger partial charge in [0, 0.05) is 6.04 Å². The Morgan fingerprint density at radius 3 is 2.75 bits per heavy atom. The molecule has 0 aliphatic heterocycles. The molecule has 1 aliphatic rings. The van der Waals surface area contributed by atoms with Crippen LogP contribution in [-0.2, 0) is 4.79 Å². The Balaban J connectivity index is 1.70. The van der Waals surface area contributed by atoms with Crippen LogP contribution in [0.25, 0.3) is 5.69 Å². The maximum Gasteiger partial charge on any atom is 0.233 e. The summed E-state index contributed by atoms with van der Waals surface area (Å²) in [5.74, 6) is 0.0570. The van der Waals surface area contributed by atoms with Gasteiger partial charge in [0.05, 0.1) is 10.9 Å². The lowest BCUT2D eigenvalue weighted by atomic mass is 10.1. The van der Waals surface area contributed by atoms with Gasteiger partial charge in [0.15, 0.2) is 0 Å². The van der Waals surface area contributed by atoms with Gasteiger partial charge in [-0.2, -0.15) is 4.68 Å². The number of amides is 1. The first-order valence-corrected chi connectivity index (χ1v) is 9.25. The fraction of sp³-hybridized carbons (Fsp3) is 0.529. The lowest BCUT2D eigenvalue weighted by Crippen LogP contribution is -2.37. The van der Waals surface area contributed by atoms with E-state index in [9.17, 15) is 4.79 Å². The minimum absolute atomic E-state index is 0.0570. The molecule has 3 rings (SSSR count). The van der Waals surface area contributed by atoms with Crippen LogP contribution >= 0.6 is 11.8 Å². The molecule has 0 saturated heterocycles. The monoisotopic (exact) mass is 345 g/mol. The van der Waals surface area contributed by atoms with Crippen molar-refractivity contribution < 1.29 is 4.79 Å². The standard InChI is InChI=1S/C17H23N5OS/c1-11-8-9-15(10-12(11)2)22-17(19-20-21-22)24-13(3)16(23)18-14-6-4-5-7-14/h8-10,13-14H,4-7H2,1-3H3,(H,18,23). The van der Waals surface area contributed by atoms with Gasteiger partial charge in [-0.3, -0.25) is 4.79 Å². The highest BCUT2D eigenvalue weighted by Crippen LogP contribution is 2.25. The zero-order valence-corrected chi connectivity index (χ0v) is 15.1. The van der Waals surface area contributed by atoms with E-state index >= 15 is 0 Å². The number of carbonyl (C=O) groups is 1. The Morgan fingerprint density at radius 1 is 1.29 bits per heavy atom. The van der Waals surface area contributed by atoms with Gasteiger partial charge < -0.3 is 5.32 Å². The van der Waals surface area contributed by atoms with Gasteiger partial charge in [-0.05, 0) is 67.3 Å². The Hall–Kier alpha value is -1.89. The van der Waals surface area contributed by atoms with Crippen molar-refractivity contribution in [3.63, 3.8) is 0 Å². The third-order valence-electron chi connectivity index (χ3n) is 4.53. The topological polar surface area (TPSA) is 72.7 Å². The highest BCUT2D eigenvalue weighted by Gasteiger charge is 2.23. The van der Waals surface area contributed by atoms with Crippen LogP contribution in [0.1, 0.15) is 43.7 Å². The average Bonchev–Trinajstić information content (AvgIpc) is 3.22. The lowest BCUT2D eigenvalue weighted by molar-refractivity contribution is -0.120. The van der Waals surface area contributed by atoms with Crippen LogP contribution in [0.4, 0.5) is 0 Å². The predicted molar refractivity (Wildman–Crippen MR) is 94.3 cm³/mol. The van der Waals surface area contributed by atoms with E-state index in [1.807, 2.05) is 13.0 Å². The Kier molecular flexibility index (Phi) is 5.18. The van der Waals surface area contributed by atoms with Gasteiger partial charge in [0.25, 0.3) is 0 Å². The zero-order valence-electron chi connectivity index (χ0n) is 14.3. The van der Waals surface area contributed by atoms with E-state index in [4.69, 9.17) is 0 Å². The molecule has 2 aromatic rings. The predicted octanol–water partition coefficient (Wildman–Crippen LogP) is 2.82. The molecule has 1 amide bonds. The van der Waals surface area contributed by atoms with Crippen LogP contribution in [0.5, 0.6) is 0 Å². The number of nitrogens with one attached hydrogen (secondary N) is 1. The van der Waals surface area contributed by atoms with Crippen LogP contribution in [0.15, 0.2) is 23.4 Å². The number of aromatic nitrogens is 4. The molecule has 6 nitrogen and oxygen atoms in total. The fourth-order valence-corrected chi connectivity index (χ4v) is 3.69. The molecule has 0 spiro atoms.